The summed E-state index contributed by atoms with van der Waals surface area (Å²) in [6, 6.07) is 10.9. The van der Waals surface area contributed by atoms with E-state index in [2.05, 4.69) is 74.5 Å². The van der Waals surface area contributed by atoms with Gasteiger partial charge in [0.2, 0.25) is 0 Å². The van der Waals surface area contributed by atoms with E-state index in [1.54, 1.807) is 0 Å². The maximum atomic E-state index is 6.85. The van der Waals surface area contributed by atoms with Gasteiger partial charge in [0.05, 0.1) is 11.5 Å². The van der Waals surface area contributed by atoms with Gasteiger partial charge in [-0.2, -0.15) is 0 Å². The fourth-order valence-corrected chi connectivity index (χ4v) is 5.38. The summed E-state index contributed by atoms with van der Waals surface area (Å²) in [5.41, 5.74) is 4.70. The van der Waals surface area contributed by atoms with E-state index in [0.29, 0.717) is 5.92 Å². The molecule has 1 aliphatic carbocycles. The van der Waals surface area contributed by atoms with Crippen LogP contribution < -0.4 is 0 Å². The van der Waals surface area contributed by atoms with Crippen LogP contribution in [0.2, 0.25) is 32.7 Å². The summed E-state index contributed by atoms with van der Waals surface area (Å²) in [5, 5.41) is 0. The van der Waals surface area contributed by atoms with Crippen LogP contribution in [0.5, 0.6) is 0 Å². The molecule has 0 saturated heterocycles. The van der Waals surface area contributed by atoms with Gasteiger partial charge in [-0.3, -0.25) is 0 Å². The zero-order valence-corrected chi connectivity index (χ0v) is 16.9. The fourth-order valence-electron chi connectivity index (χ4n) is 3.39. The molecule has 1 aromatic carbocycles. The Morgan fingerprint density at radius 3 is 2.41 bits per heavy atom. The van der Waals surface area contributed by atoms with E-state index in [-0.39, 0.29) is 5.60 Å². The summed E-state index contributed by atoms with van der Waals surface area (Å²) in [6.45, 7) is 11.5. The van der Waals surface area contributed by atoms with E-state index < -0.39 is 17.1 Å². The van der Waals surface area contributed by atoms with Crippen molar-refractivity contribution in [2.24, 2.45) is 5.92 Å². The first-order chi connectivity index (χ1) is 10.3. The molecule has 0 radical (unpaired) electrons. The zero-order chi connectivity index (χ0) is 16.2. The molecule has 0 bridgehead atoms. The monoisotopic (exact) mass is 330 g/mol. The number of hydrogen-bond acceptors (Lipinski definition) is 1. The van der Waals surface area contributed by atoms with Crippen molar-refractivity contribution in [1.82, 2.24) is 0 Å². The Balaban J connectivity index is 2.47. The van der Waals surface area contributed by atoms with Gasteiger partial charge in [-0.15, -0.1) is 11.5 Å². The quantitative estimate of drug-likeness (QED) is 0.562. The minimum absolute atomic E-state index is 0.180. The molecule has 0 amide bonds. The Kier molecular flexibility index (Phi) is 5.71. The highest BCUT2D eigenvalue weighted by atomic mass is 28.4. The maximum absolute atomic E-state index is 6.85. The van der Waals surface area contributed by atoms with Gasteiger partial charge in [0.15, 0.2) is 8.32 Å². The molecule has 120 valence electrons. The summed E-state index contributed by atoms with van der Waals surface area (Å²) >= 11 is 0. The van der Waals surface area contributed by atoms with Crippen LogP contribution >= 0.6 is 0 Å². The molecular weight excluding hydrogens is 300 g/mol. The summed E-state index contributed by atoms with van der Waals surface area (Å²) in [7, 11) is -2.51. The predicted molar refractivity (Wildman–Crippen MR) is 101 cm³/mol. The van der Waals surface area contributed by atoms with Gasteiger partial charge in [-0.25, -0.2) is 0 Å². The molecule has 2 unspecified atom stereocenters. The highest BCUT2D eigenvalue weighted by Crippen LogP contribution is 2.46. The molecule has 1 saturated carbocycles. The SMILES string of the molecule is C[SiH](C)C#CC1CCCCC1(O[Si](C)(C)C)c1ccccc1. The normalized spacial score (nSPS) is 25.6. The van der Waals surface area contributed by atoms with Crippen molar-refractivity contribution in [3.8, 4) is 11.5 Å². The third-order valence-electron chi connectivity index (χ3n) is 4.15. The van der Waals surface area contributed by atoms with Crippen LogP contribution in [-0.2, 0) is 10.0 Å². The number of benzene rings is 1. The maximum Gasteiger partial charge on any atom is 0.185 e. The smallest absolute Gasteiger partial charge is 0.185 e. The minimum atomic E-state index is -1.65. The molecule has 1 nitrogen and oxygen atoms in total. The van der Waals surface area contributed by atoms with Gasteiger partial charge < -0.3 is 4.43 Å². The Bertz CT molecular complexity index is 536. The third kappa shape index (κ3) is 4.35. The first kappa shape index (κ1) is 17.5. The van der Waals surface area contributed by atoms with E-state index in [4.69, 9.17) is 4.43 Å². The molecule has 0 heterocycles. The van der Waals surface area contributed by atoms with E-state index >= 15 is 0 Å². The average Bonchev–Trinajstić information content (AvgIpc) is 2.45. The van der Waals surface area contributed by atoms with Crippen LogP contribution in [0.3, 0.4) is 0 Å². The standard InChI is InChI=1S/C19H30OSi2/c1-21(2)16-14-18-13-9-10-15-19(18,20-22(3,4)5)17-11-7-6-8-12-17/h6-8,11-12,18,21H,9-10,13,15H2,1-5H3. The molecule has 0 aliphatic heterocycles. The second-order valence-electron chi connectivity index (χ2n) is 7.71. The van der Waals surface area contributed by atoms with Crippen molar-refractivity contribution in [2.45, 2.75) is 64.0 Å². The van der Waals surface area contributed by atoms with Gasteiger partial charge in [0.25, 0.3) is 0 Å². The summed E-state index contributed by atoms with van der Waals surface area (Å²) in [4.78, 5) is 0. The van der Waals surface area contributed by atoms with Crippen LogP contribution in [-0.4, -0.2) is 17.1 Å². The minimum Gasteiger partial charge on any atom is -0.407 e. The van der Waals surface area contributed by atoms with E-state index in [1.165, 1.54) is 24.8 Å². The molecule has 22 heavy (non-hydrogen) atoms. The van der Waals surface area contributed by atoms with Gasteiger partial charge in [0, 0.05) is 0 Å². The molecule has 0 N–H and O–H groups in total. The Morgan fingerprint density at radius 2 is 1.82 bits per heavy atom. The molecule has 0 spiro atoms. The summed E-state index contributed by atoms with van der Waals surface area (Å²) in [6.07, 6.45) is 4.81. The molecule has 2 atom stereocenters. The molecular formula is C19H30OSi2. The Labute approximate surface area is 139 Å². The second kappa shape index (κ2) is 7.16. The van der Waals surface area contributed by atoms with Crippen LogP contribution in [0.1, 0.15) is 31.2 Å². The lowest BCUT2D eigenvalue weighted by molar-refractivity contribution is -0.0133. The van der Waals surface area contributed by atoms with Gasteiger partial charge >= 0.3 is 0 Å². The lowest BCUT2D eigenvalue weighted by Crippen LogP contribution is -2.47. The van der Waals surface area contributed by atoms with Gasteiger partial charge in [-0.05, 0) is 38.0 Å². The Morgan fingerprint density at radius 1 is 1.14 bits per heavy atom. The first-order valence-electron chi connectivity index (χ1n) is 8.60. The summed E-state index contributed by atoms with van der Waals surface area (Å²) < 4.78 is 6.85. The topological polar surface area (TPSA) is 9.23 Å². The summed E-state index contributed by atoms with van der Waals surface area (Å²) in [5.74, 6) is 3.99. The lowest BCUT2D eigenvalue weighted by Gasteiger charge is -2.46. The molecule has 1 aromatic rings. The van der Waals surface area contributed by atoms with Crippen LogP contribution in [0.25, 0.3) is 0 Å². The van der Waals surface area contributed by atoms with Crippen LogP contribution in [0, 0.1) is 17.4 Å². The highest BCUT2D eigenvalue weighted by Gasteiger charge is 2.45. The third-order valence-corrected chi connectivity index (χ3v) is 5.87. The average molecular weight is 331 g/mol. The number of rotatable bonds is 3. The Hall–Kier alpha value is -0.826. The van der Waals surface area contributed by atoms with Crippen molar-refractivity contribution in [3.05, 3.63) is 35.9 Å². The highest BCUT2D eigenvalue weighted by molar-refractivity contribution is 6.69. The van der Waals surface area contributed by atoms with Crippen LogP contribution in [0.4, 0.5) is 0 Å². The molecule has 2 rings (SSSR count). The van der Waals surface area contributed by atoms with Crippen molar-refractivity contribution in [1.29, 1.82) is 0 Å². The van der Waals surface area contributed by atoms with Crippen molar-refractivity contribution >= 4 is 17.1 Å². The number of hydrogen-bond donors (Lipinski definition) is 0. The lowest BCUT2D eigenvalue weighted by atomic mass is 9.72. The van der Waals surface area contributed by atoms with Crippen molar-refractivity contribution in [3.63, 3.8) is 0 Å². The zero-order valence-electron chi connectivity index (χ0n) is 14.8. The second-order valence-corrected chi connectivity index (χ2v) is 14.7. The van der Waals surface area contributed by atoms with Crippen LogP contribution in [0.15, 0.2) is 30.3 Å². The van der Waals surface area contributed by atoms with E-state index in [1.807, 2.05) is 0 Å². The molecule has 3 heteroatoms. The molecule has 0 aromatic heterocycles. The fraction of sp³-hybridized carbons (Fsp3) is 0.579. The van der Waals surface area contributed by atoms with E-state index in [0.717, 1.165) is 6.42 Å². The van der Waals surface area contributed by atoms with Gasteiger partial charge in [-0.1, -0.05) is 56.3 Å². The molecule has 1 aliphatic rings. The molecule has 1 fully saturated rings. The van der Waals surface area contributed by atoms with Crippen molar-refractivity contribution in [2.75, 3.05) is 0 Å². The first-order valence-corrected chi connectivity index (χ1v) is 14.9. The van der Waals surface area contributed by atoms with Crippen molar-refractivity contribution < 1.29 is 4.43 Å². The van der Waals surface area contributed by atoms with E-state index in [9.17, 15) is 0 Å². The van der Waals surface area contributed by atoms with Gasteiger partial charge in [0.1, 0.15) is 8.80 Å². The largest absolute Gasteiger partial charge is 0.407 e. The predicted octanol–water partition coefficient (Wildman–Crippen LogP) is 4.95.